The van der Waals surface area contributed by atoms with Crippen LogP contribution in [0.3, 0.4) is 0 Å². The first kappa shape index (κ1) is 6.13. The van der Waals surface area contributed by atoms with E-state index in [1.54, 1.807) is 0 Å². The van der Waals surface area contributed by atoms with Crippen molar-refractivity contribution in [3.8, 4) is 0 Å². The molecule has 1 heterocycles. The van der Waals surface area contributed by atoms with Crippen LogP contribution in [0, 0.1) is 0 Å². The molecule has 1 aliphatic heterocycles. The minimum absolute atomic E-state index is 0.551. The third kappa shape index (κ3) is 1.45. The highest BCUT2D eigenvalue weighted by Gasteiger charge is 2.09. The molecule has 0 aromatic rings. The van der Waals surface area contributed by atoms with Crippen LogP contribution >= 0.6 is 0 Å². The maximum Gasteiger partial charge on any atom is 0.407 e. The van der Waals surface area contributed by atoms with Crippen LogP contribution in [0.1, 0.15) is 6.42 Å². The molecule has 0 saturated carbocycles. The van der Waals surface area contributed by atoms with Crippen molar-refractivity contribution < 1.29 is 9.90 Å². The second kappa shape index (κ2) is 2.53. The van der Waals surface area contributed by atoms with E-state index < -0.39 is 6.09 Å². The Morgan fingerprint density at radius 3 is 2.67 bits per heavy atom. The van der Waals surface area contributed by atoms with Crippen LogP contribution in [0.4, 0.5) is 4.79 Å². The van der Waals surface area contributed by atoms with Crippen LogP contribution in [0.2, 0.25) is 0 Å². The van der Waals surface area contributed by atoms with Gasteiger partial charge in [-0.15, -0.1) is 0 Å². The van der Waals surface area contributed by atoms with Gasteiger partial charge >= 0.3 is 6.09 Å². The highest BCUT2D eigenvalue weighted by Crippen LogP contribution is 1.99. The molecule has 50 valence electrons. The van der Waals surface area contributed by atoms with Gasteiger partial charge in [0.1, 0.15) is 0 Å². The summed E-state index contributed by atoms with van der Waals surface area (Å²) in [4.78, 5) is 11.6. The molecule has 0 aromatic carbocycles. The van der Waals surface area contributed by atoms with Crippen LogP contribution in [0.15, 0.2) is 12.2 Å². The summed E-state index contributed by atoms with van der Waals surface area (Å²) in [7, 11) is 0. The van der Waals surface area contributed by atoms with Gasteiger partial charge in [-0.25, -0.2) is 4.79 Å². The minimum Gasteiger partial charge on any atom is -0.465 e. The third-order valence-electron chi connectivity index (χ3n) is 1.33. The Morgan fingerprint density at radius 2 is 2.33 bits per heavy atom. The molecule has 0 aromatic heterocycles. The first-order valence-electron chi connectivity index (χ1n) is 2.93. The number of rotatable bonds is 0. The fourth-order valence-electron chi connectivity index (χ4n) is 0.815. The van der Waals surface area contributed by atoms with E-state index in [1.807, 2.05) is 12.2 Å². The molecule has 0 bridgehead atoms. The zero-order chi connectivity index (χ0) is 6.69. The minimum atomic E-state index is -0.820. The zero-order valence-electron chi connectivity index (χ0n) is 5.08. The predicted octanol–water partition coefficient (Wildman–Crippen LogP) is 0.926. The summed E-state index contributed by atoms with van der Waals surface area (Å²) in [5.74, 6) is 0. The Bertz CT molecular complexity index is 142. The van der Waals surface area contributed by atoms with E-state index >= 15 is 0 Å². The molecule has 1 amide bonds. The molecule has 0 atom stereocenters. The summed E-state index contributed by atoms with van der Waals surface area (Å²) >= 11 is 0. The van der Waals surface area contributed by atoms with Crippen molar-refractivity contribution in [2.75, 3.05) is 13.1 Å². The van der Waals surface area contributed by atoms with Gasteiger partial charge < -0.3 is 10.0 Å². The Balaban J connectivity index is 2.44. The van der Waals surface area contributed by atoms with Gasteiger partial charge in [0, 0.05) is 13.1 Å². The van der Waals surface area contributed by atoms with E-state index in [4.69, 9.17) is 5.11 Å². The molecule has 0 radical (unpaired) electrons. The largest absolute Gasteiger partial charge is 0.465 e. The smallest absolute Gasteiger partial charge is 0.407 e. The van der Waals surface area contributed by atoms with Gasteiger partial charge in [-0.3, -0.25) is 0 Å². The Morgan fingerprint density at radius 1 is 1.56 bits per heavy atom. The van der Waals surface area contributed by atoms with Crippen LogP contribution in [0.5, 0.6) is 0 Å². The van der Waals surface area contributed by atoms with Crippen LogP contribution in [-0.4, -0.2) is 29.2 Å². The highest BCUT2D eigenvalue weighted by atomic mass is 16.4. The highest BCUT2D eigenvalue weighted by molar-refractivity contribution is 5.65. The molecule has 0 aliphatic carbocycles. The van der Waals surface area contributed by atoms with Gasteiger partial charge in [-0.1, -0.05) is 12.2 Å². The second-order valence-corrected chi connectivity index (χ2v) is 1.99. The summed E-state index contributed by atoms with van der Waals surface area (Å²) in [5.41, 5.74) is 0. The first-order valence-corrected chi connectivity index (χ1v) is 2.93. The van der Waals surface area contributed by atoms with Crippen molar-refractivity contribution >= 4 is 6.09 Å². The molecule has 1 aliphatic rings. The summed E-state index contributed by atoms with van der Waals surface area (Å²) in [6.45, 7) is 1.20. The Kier molecular flexibility index (Phi) is 1.72. The number of amides is 1. The molecule has 3 nitrogen and oxygen atoms in total. The van der Waals surface area contributed by atoms with Crippen molar-refractivity contribution in [1.29, 1.82) is 0 Å². The van der Waals surface area contributed by atoms with E-state index in [0.29, 0.717) is 13.1 Å². The monoisotopic (exact) mass is 127 g/mol. The molecule has 0 unspecified atom stereocenters. The lowest BCUT2D eigenvalue weighted by Gasteiger charge is -2.18. The third-order valence-corrected chi connectivity index (χ3v) is 1.33. The second-order valence-electron chi connectivity index (χ2n) is 1.99. The van der Waals surface area contributed by atoms with Gasteiger partial charge in [0.2, 0.25) is 0 Å². The van der Waals surface area contributed by atoms with E-state index in [-0.39, 0.29) is 0 Å². The maximum absolute atomic E-state index is 10.2. The van der Waals surface area contributed by atoms with Gasteiger partial charge in [0.15, 0.2) is 0 Å². The van der Waals surface area contributed by atoms with Crippen LogP contribution in [-0.2, 0) is 0 Å². The number of hydrogen-bond donors (Lipinski definition) is 1. The molecule has 0 fully saturated rings. The van der Waals surface area contributed by atoms with Gasteiger partial charge in [-0.05, 0) is 6.42 Å². The van der Waals surface area contributed by atoms with E-state index in [9.17, 15) is 4.79 Å². The molecule has 0 spiro atoms. The van der Waals surface area contributed by atoms with Crippen LogP contribution < -0.4 is 0 Å². The standard InChI is InChI=1S/C6H9NO2/c8-6(9)7-4-2-1-3-5-7/h1-2H,3-5H2,(H,8,9). The summed E-state index contributed by atoms with van der Waals surface area (Å²) in [5, 5.41) is 8.43. The quantitative estimate of drug-likeness (QED) is 0.492. The van der Waals surface area contributed by atoms with Gasteiger partial charge in [0.05, 0.1) is 0 Å². The van der Waals surface area contributed by atoms with Crippen molar-refractivity contribution in [2.24, 2.45) is 0 Å². The van der Waals surface area contributed by atoms with Gasteiger partial charge in [0.25, 0.3) is 0 Å². The lowest BCUT2D eigenvalue weighted by Crippen LogP contribution is -2.32. The number of carbonyl (C=O) groups is 1. The molecule has 1 rings (SSSR count). The lowest BCUT2D eigenvalue weighted by atomic mass is 10.3. The first-order chi connectivity index (χ1) is 4.30. The SMILES string of the molecule is O=C(O)N1CC=CCC1. The van der Waals surface area contributed by atoms with Crippen molar-refractivity contribution in [3.63, 3.8) is 0 Å². The Labute approximate surface area is 53.6 Å². The lowest BCUT2D eigenvalue weighted by molar-refractivity contribution is 0.149. The number of nitrogens with zero attached hydrogens (tertiary/aromatic N) is 1. The average Bonchev–Trinajstić information content (AvgIpc) is 1.90. The van der Waals surface area contributed by atoms with Gasteiger partial charge in [-0.2, -0.15) is 0 Å². The number of carboxylic acid groups (broad SMARTS) is 1. The van der Waals surface area contributed by atoms with E-state index in [0.717, 1.165) is 6.42 Å². The zero-order valence-corrected chi connectivity index (χ0v) is 5.08. The maximum atomic E-state index is 10.2. The summed E-state index contributed by atoms with van der Waals surface area (Å²) < 4.78 is 0. The fraction of sp³-hybridized carbons (Fsp3) is 0.500. The van der Waals surface area contributed by atoms with Crippen molar-refractivity contribution in [2.45, 2.75) is 6.42 Å². The normalized spacial score (nSPS) is 18.0. The molecule has 1 N–H and O–H groups in total. The molecule has 3 heteroatoms. The summed E-state index contributed by atoms with van der Waals surface area (Å²) in [6.07, 6.45) is 3.91. The van der Waals surface area contributed by atoms with E-state index in [1.165, 1.54) is 4.90 Å². The van der Waals surface area contributed by atoms with Crippen molar-refractivity contribution in [3.05, 3.63) is 12.2 Å². The summed E-state index contributed by atoms with van der Waals surface area (Å²) in [6, 6.07) is 0. The fourth-order valence-corrected chi connectivity index (χ4v) is 0.815. The van der Waals surface area contributed by atoms with Crippen molar-refractivity contribution in [1.82, 2.24) is 4.90 Å². The molecule has 9 heavy (non-hydrogen) atoms. The predicted molar refractivity (Wildman–Crippen MR) is 33.4 cm³/mol. The Hall–Kier alpha value is -0.990. The average molecular weight is 127 g/mol. The molecular formula is C6H9NO2. The molecular weight excluding hydrogens is 118 g/mol. The number of hydrogen-bond acceptors (Lipinski definition) is 1. The van der Waals surface area contributed by atoms with E-state index in [2.05, 4.69) is 0 Å². The topological polar surface area (TPSA) is 40.5 Å². The molecule has 0 saturated heterocycles. The van der Waals surface area contributed by atoms with Crippen LogP contribution in [0.25, 0.3) is 0 Å².